The van der Waals surface area contributed by atoms with Crippen LogP contribution in [0.1, 0.15) is 28.2 Å². The number of carbonyl (C=O) groups is 1. The maximum atomic E-state index is 12.9. The van der Waals surface area contributed by atoms with E-state index < -0.39 is 15.7 Å². The summed E-state index contributed by atoms with van der Waals surface area (Å²) in [6.45, 7) is 2.08. The lowest BCUT2D eigenvalue weighted by Crippen LogP contribution is -2.36. The molecular weight excluding hydrogens is 335 g/mol. The van der Waals surface area contributed by atoms with Crippen molar-refractivity contribution in [1.82, 2.24) is 20.3 Å². The van der Waals surface area contributed by atoms with Crippen molar-refractivity contribution in [3.8, 4) is 0 Å². The van der Waals surface area contributed by atoms with Crippen LogP contribution in [0.4, 0.5) is 4.39 Å². The quantitative estimate of drug-likeness (QED) is 0.874. The number of nitrogens with one attached hydrogen (secondary N) is 1. The van der Waals surface area contributed by atoms with Gasteiger partial charge in [0, 0.05) is 6.04 Å². The molecule has 1 aromatic heterocycles. The van der Waals surface area contributed by atoms with Gasteiger partial charge in [0.2, 0.25) is 0 Å². The minimum Gasteiger partial charge on any atom is -0.347 e. The van der Waals surface area contributed by atoms with Crippen LogP contribution in [0.2, 0.25) is 0 Å². The Hall–Kier alpha value is -2.29. The molecule has 9 heteroatoms. The summed E-state index contributed by atoms with van der Waals surface area (Å²) < 4.78 is 37.4. The normalized spacial score (nSPS) is 19.3. The molecule has 1 aliphatic heterocycles. The molecule has 2 aromatic rings. The lowest BCUT2D eigenvalue weighted by molar-refractivity contribution is 0.0935. The highest BCUT2D eigenvalue weighted by Gasteiger charge is 2.30. The van der Waals surface area contributed by atoms with Crippen molar-refractivity contribution >= 4 is 15.7 Å². The smallest absolute Gasteiger partial charge is 0.273 e. The standard InChI is InChI=1S/C15H17FN4O3S/c1-10-14(15(21)17-13-6-7-24(22,23)9-13)18-19-20(10)8-11-2-4-12(16)5-3-11/h2-5,13H,6-9H2,1H3,(H,17,21). The topological polar surface area (TPSA) is 93.9 Å². The molecule has 1 unspecified atom stereocenters. The van der Waals surface area contributed by atoms with E-state index in [0.29, 0.717) is 18.7 Å². The zero-order valence-corrected chi connectivity index (χ0v) is 13.9. The van der Waals surface area contributed by atoms with Gasteiger partial charge in [0.25, 0.3) is 5.91 Å². The van der Waals surface area contributed by atoms with Crippen LogP contribution < -0.4 is 5.32 Å². The zero-order chi connectivity index (χ0) is 17.3. The molecular formula is C15H17FN4O3S. The van der Waals surface area contributed by atoms with E-state index in [1.54, 1.807) is 23.7 Å². The highest BCUT2D eigenvalue weighted by atomic mass is 32.2. The van der Waals surface area contributed by atoms with Crippen LogP contribution in [-0.2, 0) is 16.4 Å². The Balaban J connectivity index is 1.70. The largest absolute Gasteiger partial charge is 0.347 e. The summed E-state index contributed by atoms with van der Waals surface area (Å²) in [6.07, 6.45) is 0.414. The maximum absolute atomic E-state index is 12.9. The molecule has 24 heavy (non-hydrogen) atoms. The first-order chi connectivity index (χ1) is 11.3. The van der Waals surface area contributed by atoms with Crippen molar-refractivity contribution in [3.05, 3.63) is 47.0 Å². The third-order valence-corrected chi connectivity index (χ3v) is 5.78. The number of hydrogen-bond donors (Lipinski definition) is 1. The van der Waals surface area contributed by atoms with Crippen LogP contribution in [0, 0.1) is 12.7 Å². The molecule has 0 bridgehead atoms. The summed E-state index contributed by atoms with van der Waals surface area (Å²) in [4.78, 5) is 12.3. The van der Waals surface area contributed by atoms with Crippen molar-refractivity contribution < 1.29 is 17.6 Å². The van der Waals surface area contributed by atoms with E-state index in [9.17, 15) is 17.6 Å². The molecule has 0 aliphatic carbocycles. The molecule has 1 aromatic carbocycles. The Bertz CT molecular complexity index is 861. The molecule has 2 heterocycles. The maximum Gasteiger partial charge on any atom is 0.273 e. The van der Waals surface area contributed by atoms with E-state index in [1.165, 1.54) is 12.1 Å². The SMILES string of the molecule is Cc1c(C(=O)NC2CCS(=O)(=O)C2)nnn1Cc1ccc(F)cc1. The van der Waals surface area contributed by atoms with Crippen molar-refractivity contribution in [3.63, 3.8) is 0 Å². The highest BCUT2D eigenvalue weighted by Crippen LogP contribution is 2.13. The summed E-state index contributed by atoms with van der Waals surface area (Å²) in [5, 5.41) is 10.5. The Morgan fingerprint density at radius 3 is 2.71 bits per heavy atom. The van der Waals surface area contributed by atoms with E-state index >= 15 is 0 Å². The van der Waals surface area contributed by atoms with Gasteiger partial charge in [-0.05, 0) is 31.0 Å². The number of halogens is 1. The monoisotopic (exact) mass is 352 g/mol. The molecule has 128 valence electrons. The van der Waals surface area contributed by atoms with Gasteiger partial charge in [-0.25, -0.2) is 17.5 Å². The van der Waals surface area contributed by atoms with Crippen LogP contribution in [0.25, 0.3) is 0 Å². The number of sulfone groups is 1. The number of rotatable bonds is 4. The van der Waals surface area contributed by atoms with E-state index in [2.05, 4.69) is 15.6 Å². The second-order valence-corrected chi connectivity index (χ2v) is 8.11. The molecule has 1 amide bonds. The van der Waals surface area contributed by atoms with Gasteiger partial charge in [-0.1, -0.05) is 17.3 Å². The number of aromatic nitrogens is 3. The van der Waals surface area contributed by atoms with Crippen molar-refractivity contribution in [2.45, 2.75) is 25.9 Å². The highest BCUT2D eigenvalue weighted by molar-refractivity contribution is 7.91. The number of benzene rings is 1. The first-order valence-corrected chi connectivity index (χ1v) is 9.32. The molecule has 1 aliphatic rings. The van der Waals surface area contributed by atoms with Crippen molar-refractivity contribution in [2.75, 3.05) is 11.5 Å². The summed E-state index contributed by atoms with van der Waals surface area (Å²) in [5.74, 6) is -0.698. The van der Waals surface area contributed by atoms with Gasteiger partial charge < -0.3 is 5.32 Å². The summed E-state index contributed by atoms with van der Waals surface area (Å²) in [5.41, 5.74) is 1.57. The fourth-order valence-corrected chi connectivity index (χ4v) is 4.32. The van der Waals surface area contributed by atoms with Crippen LogP contribution in [0.15, 0.2) is 24.3 Å². The molecule has 7 nitrogen and oxygen atoms in total. The summed E-state index contributed by atoms with van der Waals surface area (Å²) >= 11 is 0. The summed E-state index contributed by atoms with van der Waals surface area (Å²) in [7, 11) is -3.06. The van der Waals surface area contributed by atoms with E-state index in [-0.39, 0.29) is 29.1 Å². The third kappa shape index (κ3) is 3.61. The molecule has 1 atom stereocenters. The average Bonchev–Trinajstić information content (AvgIpc) is 3.04. The Kier molecular flexibility index (Phi) is 4.35. The fraction of sp³-hybridized carbons (Fsp3) is 0.400. The van der Waals surface area contributed by atoms with Crippen molar-refractivity contribution in [1.29, 1.82) is 0 Å². The Morgan fingerprint density at radius 1 is 1.38 bits per heavy atom. The lowest BCUT2D eigenvalue weighted by Gasteiger charge is -2.09. The van der Waals surface area contributed by atoms with Crippen molar-refractivity contribution in [2.24, 2.45) is 0 Å². The third-order valence-electron chi connectivity index (χ3n) is 4.01. The molecule has 3 rings (SSSR count). The lowest BCUT2D eigenvalue weighted by atomic mass is 10.2. The molecule has 0 spiro atoms. The van der Waals surface area contributed by atoms with Crippen LogP contribution in [0.3, 0.4) is 0 Å². The van der Waals surface area contributed by atoms with Gasteiger partial charge in [0.15, 0.2) is 15.5 Å². The molecule has 0 radical (unpaired) electrons. The molecule has 1 N–H and O–H groups in total. The minimum atomic E-state index is -3.06. The molecule has 0 saturated carbocycles. The Morgan fingerprint density at radius 2 is 2.08 bits per heavy atom. The zero-order valence-electron chi connectivity index (χ0n) is 13.1. The van der Waals surface area contributed by atoms with E-state index in [0.717, 1.165) is 5.56 Å². The van der Waals surface area contributed by atoms with Gasteiger partial charge in [0.1, 0.15) is 5.82 Å². The first kappa shape index (κ1) is 16.6. The van der Waals surface area contributed by atoms with E-state index in [4.69, 9.17) is 0 Å². The number of carbonyl (C=O) groups excluding carboxylic acids is 1. The molecule has 1 saturated heterocycles. The van der Waals surface area contributed by atoms with Gasteiger partial charge in [-0.2, -0.15) is 0 Å². The second-order valence-electron chi connectivity index (χ2n) is 5.88. The van der Waals surface area contributed by atoms with Gasteiger partial charge >= 0.3 is 0 Å². The fourth-order valence-electron chi connectivity index (χ4n) is 2.65. The van der Waals surface area contributed by atoms with Crippen LogP contribution in [0.5, 0.6) is 0 Å². The average molecular weight is 352 g/mol. The minimum absolute atomic E-state index is 0.0402. The first-order valence-electron chi connectivity index (χ1n) is 7.50. The Labute approximate surface area is 138 Å². The number of hydrogen-bond acceptors (Lipinski definition) is 5. The number of nitrogens with zero attached hydrogens (tertiary/aromatic N) is 3. The van der Waals surface area contributed by atoms with Gasteiger partial charge in [-0.15, -0.1) is 5.10 Å². The predicted molar refractivity (Wildman–Crippen MR) is 84.8 cm³/mol. The number of amides is 1. The predicted octanol–water partition coefficient (Wildman–Crippen LogP) is 0.691. The second kappa shape index (κ2) is 6.31. The van der Waals surface area contributed by atoms with Gasteiger partial charge in [0.05, 0.1) is 23.7 Å². The van der Waals surface area contributed by atoms with E-state index in [1.807, 2.05) is 0 Å². The molecule has 1 fully saturated rings. The summed E-state index contributed by atoms with van der Waals surface area (Å²) in [6, 6.07) is 5.61. The van der Waals surface area contributed by atoms with Gasteiger partial charge in [-0.3, -0.25) is 4.79 Å². The van der Waals surface area contributed by atoms with Crippen LogP contribution in [-0.4, -0.2) is 46.9 Å². The van der Waals surface area contributed by atoms with Crippen LogP contribution >= 0.6 is 0 Å².